The second kappa shape index (κ2) is 8.98. The van der Waals surface area contributed by atoms with Crippen LogP contribution in [0.15, 0.2) is 30.9 Å². The van der Waals surface area contributed by atoms with Crippen LogP contribution in [-0.4, -0.2) is 6.61 Å². The van der Waals surface area contributed by atoms with Gasteiger partial charge in [0.15, 0.2) is 0 Å². The van der Waals surface area contributed by atoms with E-state index in [1.54, 1.807) is 6.07 Å². The zero-order valence-corrected chi connectivity index (χ0v) is 15.7. The van der Waals surface area contributed by atoms with E-state index in [4.69, 9.17) is 4.74 Å². The van der Waals surface area contributed by atoms with Crippen molar-refractivity contribution in [2.75, 3.05) is 6.61 Å². The molecule has 2 heteroatoms. The Labute approximate surface area is 152 Å². The van der Waals surface area contributed by atoms with Crippen LogP contribution < -0.4 is 0 Å². The van der Waals surface area contributed by atoms with Crippen molar-refractivity contribution in [3.8, 4) is 0 Å². The van der Waals surface area contributed by atoms with Crippen LogP contribution in [-0.2, 0) is 11.3 Å². The molecule has 0 aliphatic heterocycles. The molecule has 1 aromatic carbocycles. The number of ether oxygens (including phenoxy) is 1. The Morgan fingerprint density at radius 1 is 1.04 bits per heavy atom. The van der Waals surface area contributed by atoms with E-state index in [0.29, 0.717) is 24.7 Å². The summed E-state index contributed by atoms with van der Waals surface area (Å²) in [7, 11) is 0. The Bertz CT molecular complexity index is 551. The quantitative estimate of drug-likeness (QED) is 0.526. The molecule has 2 aliphatic rings. The van der Waals surface area contributed by atoms with Gasteiger partial charge >= 0.3 is 0 Å². The van der Waals surface area contributed by atoms with Crippen LogP contribution in [0.5, 0.6) is 0 Å². The Hall–Kier alpha value is -1.15. The van der Waals surface area contributed by atoms with Crippen LogP contribution in [0.4, 0.5) is 4.39 Å². The van der Waals surface area contributed by atoms with Crippen molar-refractivity contribution in [3.05, 3.63) is 47.8 Å². The minimum Gasteiger partial charge on any atom is -0.377 e. The van der Waals surface area contributed by atoms with Crippen molar-refractivity contribution in [1.82, 2.24) is 0 Å². The van der Waals surface area contributed by atoms with Crippen LogP contribution in [0.1, 0.15) is 75.3 Å². The van der Waals surface area contributed by atoms with E-state index >= 15 is 0 Å². The van der Waals surface area contributed by atoms with Crippen molar-refractivity contribution < 1.29 is 9.13 Å². The molecule has 0 bridgehead atoms. The second-order valence-electron chi connectivity index (χ2n) is 8.01. The standard InChI is InChI=1S/C23H33FO/c1-3-17-5-7-18(8-6-17)19-9-11-20(12-10-19)21-13-14-22(16-25-4-2)23(24)15-21/h3,13-15,17-20H,1,4-12,16H2,2H3/t17-,18-,19?,20?. The molecule has 3 rings (SSSR count). The molecule has 0 saturated heterocycles. The summed E-state index contributed by atoms with van der Waals surface area (Å²) in [6, 6.07) is 5.80. The van der Waals surface area contributed by atoms with Crippen molar-refractivity contribution >= 4 is 0 Å². The molecule has 0 spiro atoms. The first-order chi connectivity index (χ1) is 12.2. The molecule has 2 aliphatic carbocycles. The highest BCUT2D eigenvalue weighted by atomic mass is 19.1. The van der Waals surface area contributed by atoms with Crippen molar-refractivity contribution in [1.29, 1.82) is 0 Å². The predicted octanol–water partition coefficient (Wildman–Crippen LogP) is 6.63. The molecular formula is C23H33FO. The maximum Gasteiger partial charge on any atom is 0.129 e. The van der Waals surface area contributed by atoms with E-state index in [1.807, 2.05) is 13.0 Å². The molecular weight excluding hydrogens is 311 g/mol. The highest BCUT2D eigenvalue weighted by molar-refractivity contribution is 5.27. The average molecular weight is 345 g/mol. The molecule has 25 heavy (non-hydrogen) atoms. The Balaban J connectivity index is 1.52. The molecule has 0 heterocycles. The molecule has 1 aromatic rings. The number of halogens is 1. The van der Waals surface area contributed by atoms with Gasteiger partial charge in [-0.15, -0.1) is 6.58 Å². The van der Waals surface area contributed by atoms with E-state index < -0.39 is 0 Å². The van der Waals surface area contributed by atoms with Gasteiger partial charge in [0.25, 0.3) is 0 Å². The highest BCUT2D eigenvalue weighted by Gasteiger charge is 2.30. The fourth-order valence-electron chi connectivity index (χ4n) is 4.92. The molecule has 2 fully saturated rings. The SMILES string of the molecule is C=C[C@H]1CC[C@H](C2CCC(c3ccc(COCC)c(F)c3)CC2)CC1. The lowest BCUT2D eigenvalue weighted by molar-refractivity contribution is 0.131. The van der Waals surface area contributed by atoms with Gasteiger partial charge in [-0.3, -0.25) is 0 Å². The largest absolute Gasteiger partial charge is 0.377 e. The van der Waals surface area contributed by atoms with Gasteiger partial charge in [-0.1, -0.05) is 18.2 Å². The number of hydrogen-bond donors (Lipinski definition) is 0. The van der Waals surface area contributed by atoms with Gasteiger partial charge in [-0.2, -0.15) is 0 Å². The Morgan fingerprint density at radius 3 is 2.24 bits per heavy atom. The lowest BCUT2D eigenvalue weighted by Crippen LogP contribution is -2.25. The average Bonchev–Trinajstić information content (AvgIpc) is 2.67. The van der Waals surface area contributed by atoms with E-state index in [2.05, 4.69) is 18.7 Å². The Kier molecular flexibility index (Phi) is 6.70. The van der Waals surface area contributed by atoms with Gasteiger partial charge in [0, 0.05) is 12.2 Å². The Morgan fingerprint density at radius 2 is 1.68 bits per heavy atom. The summed E-state index contributed by atoms with van der Waals surface area (Å²) in [5.41, 5.74) is 1.87. The topological polar surface area (TPSA) is 9.23 Å². The summed E-state index contributed by atoms with van der Waals surface area (Å²) in [6.07, 6.45) is 12.6. The monoisotopic (exact) mass is 344 g/mol. The van der Waals surface area contributed by atoms with Crippen LogP contribution >= 0.6 is 0 Å². The van der Waals surface area contributed by atoms with Crippen LogP contribution in [0.3, 0.4) is 0 Å². The number of rotatable bonds is 6. The zero-order valence-electron chi connectivity index (χ0n) is 15.7. The van der Waals surface area contributed by atoms with E-state index in [-0.39, 0.29) is 5.82 Å². The number of allylic oxidation sites excluding steroid dienone is 1. The molecule has 138 valence electrons. The van der Waals surface area contributed by atoms with E-state index in [1.165, 1.54) is 56.9 Å². The molecule has 0 unspecified atom stereocenters. The minimum atomic E-state index is -0.101. The van der Waals surface area contributed by atoms with Crippen LogP contribution in [0.2, 0.25) is 0 Å². The fourth-order valence-corrected chi connectivity index (χ4v) is 4.92. The first-order valence-corrected chi connectivity index (χ1v) is 10.2. The first kappa shape index (κ1) is 18.6. The van der Waals surface area contributed by atoms with Gasteiger partial charge in [0.2, 0.25) is 0 Å². The number of hydrogen-bond acceptors (Lipinski definition) is 1. The third-order valence-corrected chi connectivity index (χ3v) is 6.60. The number of benzene rings is 1. The van der Waals surface area contributed by atoms with Crippen LogP contribution in [0.25, 0.3) is 0 Å². The third kappa shape index (κ3) is 4.73. The van der Waals surface area contributed by atoms with E-state index in [9.17, 15) is 4.39 Å². The minimum absolute atomic E-state index is 0.101. The van der Waals surface area contributed by atoms with Gasteiger partial charge in [-0.25, -0.2) is 4.39 Å². The lowest BCUT2D eigenvalue weighted by Gasteiger charge is -2.37. The summed E-state index contributed by atoms with van der Waals surface area (Å²) < 4.78 is 19.6. The molecule has 1 nitrogen and oxygen atoms in total. The maximum atomic E-state index is 14.3. The molecule has 0 atom stereocenters. The summed E-state index contributed by atoms with van der Waals surface area (Å²) in [6.45, 7) is 6.90. The third-order valence-electron chi connectivity index (χ3n) is 6.60. The van der Waals surface area contributed by atoms with Gasteiger partial charge in [-0.05, 0) is 93.6 Å². The molecule has 0 radical (unpaired) electrons. The highest BCUT2D eigenvalue weighted by Crippen LogP contribution is 2.44. The molecule has 0 N–H and O–H groups in total. The smallest absolute Gasteiger partial charge is 0.129 e. The van der Waals surface area contributed by atoms with Gasteiger partial charge < -0.3 is 4.74 Å². The van der Waals surface area contributed by atoms with Crippen molar-refractivity contribution in [2.45, 2.75) is 70.8 Å². The predicted molar refractivity (Wildman–Crippen MR) is 102 cm³/mol. The van der Waals surface area contributed by atoms with Crippen molar-refractivity contribution in [3.63, 3.8) is 0 Å². The molecule has 0 aromatic heterocycles. The second-order valence-corrected chi connectivity index (χ2v) is 8.01. The summed E-state index contributed by atoms with van der Waals surface area (Å²) in [4.78, 5) is 0. The molecule has 2 saturated carbocycles. The van der Waals surface area contributed by atoms with Gasteiger partial charge in [0.1, 0.15) is 5.82 Å². The van der Waals surface area contributed by atoms with Crippen molar-refractivity contribution in [2.24, 2.45) is 17.8 Å². The summed E-state index contributed by atoms with van der Waals surface area (Å²) in [5, 5.41) is 0. The maximum absolute atomic E-state index is 14.3. The first-order valence-electron chi connectivity index (χ1n) is 10.2. The summed E-state index contributed by atoms with van der Waals surface area (Å²) >= 11 is 0. The van der Waals surface area contributed by atoms with E-state index in [0.717, 1.165) is 17.8 Å². The normalized spacial score (nSPS) is 30.2. The zero-order chi connectivity index (χ0) is 17.6. The summed E-state index contributed by atoms with van der Waals surface area (Å²) in [5.74, 6) is 3.00. The molecule has 0 amide bonds. The van der Waals surface area contributed by atoms with Gasteiger partial charge in [0.05, 0.1) is 6.61 Å². The fraction of sp³-hybridized carbons (Fsp3) is 0.652. The lowest BCUT2D eigenvalue weighted by atomic mass is 9.68. The van der Waals surface area contributed by atoms with Crippen LogP contribution in [0, 0.1) is 23.6 Å².